The van der Waals surface area contributed by atoms with E-state index in [1.807, 2.05) is 24.3 Å². The fraction of sp³-hybridized carbons (Fsp3) is 0.379. The summed E-state index contributed by atoms with van der Waals surface area (Å²) in [6, 6.07) is 16.3. The number of hydrogen-bond donors (Lipinski definition) is 2. The Labute approximate surface area is 235 Å². The highest BCUT2D eigenvalue weighted by atomic mass is 32.2. The van der Waals surface area contributed by atoms with Crippen LogP contribution in [0.5, 0.6) is 0 Å². The molecule has 0 spiro atoms. The highest BCUT2D eigenvalue weighted by Gasteiger charge is 2.29. The third-order valence-electron chi connectivity index (χ3n) is 5.77. The molecule has 2 N–H and O–H groups in total. The number of nitrogens with zero attached hydrogens (tertiary/aromatic N) is 3. The van der Waals surface area contributed by atoms with E-state index in [9.17, 15) is 23.1 Å². The van der Waals surface area contributed by atoms with E-state index in [2.05, 4.69) is 35.5 Å². The van der Waals surface area contributed by atoms with E-state index in [4.69, 9.17) is 4.74 Å². The Hall–Kier alpha value is -3.83. The van der Waals surface area contributed by atoms with Crippen LogP contribution in [0.3, 0.4) is 0 Å². The Bertz CT molecular complexity index is 1430. The van der Waals surface area contributed by atoms with E-state index in [0.29, 0.717) is 0 Å². The molecule has 40 heavy (non-hydrogen) atoms. The summed E-state index contributed by atoms with van der Waals surface area (Å²) in [6.45, 7) is 10.6. The van der Waals surface area contributed by atoms with E-state index in [1.165, 1.54) is 18.3 Å². The van der Waals surface area contributed by atoms with Crippen LogP contribution < -0.4 is 9.62 Å². The minimum atomic E-state index is -4.05. The number of carbonyl (C=O) groups excluding carboxylic acids is 1. The van der Waals surface area contributed by atoms with Crippen molar-refractivity contribution >= 4 is 27.9 Å². The van der Waals surface area contributed by atoms with E-state index in [-0.39, 0.29) is 28.4 Å². The van der Waals surface area contributed by atoms with Crippen molar-refractivity contribution in [3.8, 4) is 0 Å². The molecule has 0 aliphatic carbocycles. The van der Waals surface area contributed by atoms with Gasteiger partial charge in [0, 0.05) is 6.20 Å². The van der Waals surface area contributed by atoms with Crippen LogP contribution in [0.15, 0.2) is 71.9 Å². The molecular weight excluding hydrogens is 532 g/mol. The van der Waals surface area contributed by atoms with Gasteiger partial charge in [-0.05, 0) is 68.0 Å². The van der Waals surface area contributed by atoms with Crippen LogP contribution in [0.2, 0.25) is 0 Å². The van der Waals surface area contributed by atoms with Crippen molar-refractivity contribution in [3.05, 3.63) is 83.7 Å². The number of ether oxygens (including phenoxy) is 1. The van der Waals surface area contributed by atoms with Crippen molar-refractivity contribution in [2.45, 2.75) is 70.0 Å². The molecule has 2 aromatic heterocycles. The molecule has 1 atom stereocenters. The number of hydrogen-bond acceptors (Lipinski definition) is 7. The largest absolute Gasteiger partial charge is 0.480 e. The number of carboxylic acid groups (broad SMARTS) is 1. The highest BCUT2D eigenvalue weighted by molar-refractivity contribution is 7.89. The molecule has 0 saturated carbocycles. The van der Waals surface area contributed by atoms with Crippen molar-refractivity contribution in [1.29, 1.82) is 0 Å². The molecule has 214 valence electrons. The Morgan fingerprint density at radius 2 is 1.65 bits per heavy atom. The van der Waals surface area contributed by atoms with Crippen LogP contribution in [0, 0.1) is 0 Å². The number of nitrogens with one attached hydrogen (secondary N) is 1. The van der Waals surface area contributed by atoms with Gasteiger partial charge in [-0.25, -0.2) is 27.9 Å². The number of anilines is 1. The van der Waals surface area contributed by atoms with Gasteiger partial charge in [-0.3, -0.25) is 9.69 Å². The van der Waals surface area contributed by atoms with Crippen molar-refractivity contribution in [2.75, 3.05) is 11.4 Å². The lowest BCUT2D eigenvalue weighted by atomic mass is 9.86. The Morgan fingerprint density at radius 3 is 2.20 bits per heavy atom. The molecule has 10 nitrogen and oxygen atoms in total. The fourth-order valence-electron chi connectivity index (χ4n) is 3.81. The second-order valence-electron chi connectivity index (χ2n) is 11.4. The third-order valence-corrected chi connectivity index (χ3v) is 7.15. The normalized spacial score (nSPS) is 12.9. The van der Waals surface area contributed by atoms with Crippen LogP contribution >= 0.6 is 0 Å². The predicted octanol–water partition coefficient (Wildman–Crippen LogP) is 4.86. The topological polar surface area (TPSA) is 139 Å². The summed E-state index contributed by atoms with van der Waals surface area (Å²) < 4.78 is 34.6. The van der Waals surface area contributed by atoms with Gasteiger partial charge in [-0.2, -0.15) is 0 Å². The molecule has 0 saturated heterocycles. The summed E-state index contributed by atoms with van der Waals surface area (Å²) in [5.74, 6) is -1.25. The minimum Gasteiger partial charge on any atom is -0.480 e. The standard InChI is InChI=1S/C29H36N4O6S/c1-28(2,3)21-15-13-20(14-16-21)18-23(32-40(37,38)25-12-7-8-17-30-25)22-10-9-11-24(31-22)33(19-26(34)35)27(36)39-29(4,5)6/h7-17,23,32H,18-19H2,1-6H3,(H,34,35). The van der Waals surface area contributed by atoms with Gasteiger partial charge in [0.05, 0.1) is 11.7 Å². The molecule has 1 aromatic carbocycles. The molecule has 1 amide bonds. The maximum absolute atomic E-state index is 13.3. The highest BCUT2D eigenvalue weighted by Crippen LogP contribution is 2.26. The second kappa shape index (κ2) is 12.1. The molecular formula is C29H36N4O6S. The maximum atomic E-state index is 13.3. The summed E-state index contributed by atoms with van der Waals surface area (Å²) in [6.07, 6.45) is 0.735. The number of pyridine rings is 2. The fourth-order valence-corrected chi connectivity index (χ4v) is 4.97. The third kappa shape index (κ3) is 8.59. The average Bonchev–Trinajstić information content (AvgIpc) is 2.86. The smallest absolute Gasteiger partial charge is 0.416 e. The molecule has 3 aromatic rings. The Balaban J connectivity index is 2.03. The number of amides is 1. The SMILES string of the molecule is CC(C)(C)OC(=O)N(CC(=O)O)c1cccc(C(Cc2ccc(C(C)(C)C)cc2)NS(=O)(=O)c2ccccn2)n1. The predicted molar refractivity (Wildman–Crippen MR) is 152 cm³/mol. The number of rotatable bonds is 9. The van der Waals surface area contributed by atoms with Crippen LogP contribution in [0.1, 0.15) is 64.4 Å². The van der Waals surface area contributed by atoms with Gasteiger partial charge in [0.2, 0.25) is 0 Å². The van der Waals surface area contributed by atoms with Gasteiger partial charge in [0.1, 0.15) is 18.0 Å². The summed E-state index contributed by atoms with van der Waals surface area (Å²) in [5, 5.41) is 9.30. The zero-order valence-corrected chi connectivity index (χ0v) is 24.4. The van der Waals surface area contributed by atoms with Gasteiger partial charge in [0.25, 0.3) is 10.0 Å². The molecule has 3 rings (SSSR count). The summed E-state index contributed by atoms with van der Waals surface area (Å²) in [5.41, 5.74) is 1.35. The molecule has 0 fully saturated rings. The summed E-state index contributed by atoms with van der Waals surface area (Å²) in [4.78, 5) is 33.9. The summed E-state index contributed by atoms with van der Waals surface area (Å²) >= 11 is 0. The van der Waals surface area contributed by atoms with Crippen molar-refractivity contribution in [1.82, 2.24) is 14.7 Å². The van der Waals surface area contributed by atoms with E-state index in [1.54, 1.807) is 45.0 Å². The Morgan fingerprint density at radius 1 is 0.975 bits per heavy atom. The van der Waals surface area contributed by atoms with Crippen molar-refractivity contribution < 1.29 is 27.9 Å². The van der Waals surface area contributed by atoms with Crippen LogP contribution in [0.4, 0.5) is 10.6 Å². The number of carbonyl (C=O) groups is 2. The zero-order chi connectivity index (χ0) is 29.7. The first-order valence-electron chi connectivity index (χ1n) is 12.8. The zero-order valence-electron chi connectivity index (χ0n) is 23.6. The first-order chi connectivity index (χ1) is 18.5. The van der Waals surface area contributed by atoms with Crippen LogP contribution in [-0.2, 0) is 31.4 Å². The van der Waals surface area contributed by atoms with Crippen LogP contribution in [-0.4, -0.2) is 47.7 Å². The number of benzene rings is 1. The number of aromatic nitrogens is 2. The number of aliphatic carboxylic acids is 1. The average molecular weight is 569 g/mol. The first kappa shape index (κ1) is 30.7. The van der Waals surface area contributed by atoms with Crippen molar-refractivity contribution in [2.24, 2.45) is 0 Å². The van der Waals surface area contributed by atoms with Gasteiger partial charge >= 0.3 is 12.1 Å². The quantitative estimate of drug-likeness (QED) is 0.373. The van der Waals surface area contributed by atoms with Gasteiger partial charge in [0.15, 0.2) is 5.03 Å². The van der Waals surface area contributed by atoms with E-state index >= 15 is 0 Å². The number of sulfonamides is 1. The molecule has 0 bridgehead atoms. The lowest BCUT2D eigenvalue weighted by Gasteiger charge is -2.26. The van der Waals surface area contributed by atoms with Gasteiger partial charge in [-0.15, -0.1) is 0 Å². The molecule has 0 aliphatic rings. The second-order valence-corrected chi connectivity index (χ2v) is 13.0. The molecule has 11 heteroatoms. The van der Waals surface area contributed by atoms with Crippen molar-refractivity contribution in [3.63, 3.8) is 0 Å². The molecule has 0 aliphatic heterocycles. The van der Waals surface area contributed by atoms with E-state index in [0.717, 1.165) is 16.0 Å². The summed E-state index contributed by atoms with van der Waals surface area (Å²) in [7, 11) is -4.05. The van der Waals surface area contributed by atoms with Gasteiger partial charge in [-0.1, -0.05) is 57.2 Å². The monoisotopic (exact) mass is 568 g/mol. The van der Waals surface area contributed by atoms with Gasteiger partial charge < -0.3 is 9.84 Å². The Kier molecular flexibility index (Phi) is 9.32. The molecule has 0 radical (unpaired) electrons. The molecule has 1 unspecified atom stereocenters. The van der Waals surface area contributed by atoms with E-state index < -0.39 is 40.3 Å². The molecule has 2 heterocycles. The lowest BCUT2D eigenvalue weighted by molar-refractivity contribution is -0.135. The first-order valence-corrected chi connectivity index (χ1v) is 14.3. The maximum Gasteiger partial charge on any atom is 0.416 e. The van der Waals surface area contributed by atoms with Crippen LogP contribution in [0.25, 0.3) is 0 Å². The lowest BCUT2D eigenvalue weighted by Crippen LogP contribution is -2.40. The minimum absolute atomic E-state index is 0.0132. The number of carboxylic acids is 1.